The second kappa shape index (κ2) is 14.5. The molecule has 0 saturated carbocycles. The summed E-state index contributed by atoms with van der Waals surface area (Å²) in [6.45, 7) is 3.49. The maximum Gasteiger partial charge on any atom is 0.243 e. The molecule has 0 fully saturated rings. The second-order valence-corrected chi connectivity index (χ2v) is 8.96. The van der Waals surface area contributed by atoms with Crippen molar-refractivity contribution in [2.24, 2.45) is 0 Å². The quantitative estimate of drug-likeness (QED) is 0.0385. The van der Waals surface area contributed by atoms with Crippen LogP contribution in [0.15, 0.2) is 61.3 Å². The van der Waals surface area contributed by atoms with E-state index in [1.165, 1.54) is 12.3 Å². The minimum atomic E-state index is -0.403. The predicted octanol–water partition coefficient (Wildman–Crippen LogP) is 5.35. The van der Waals surface area contributed by atoms with E-state index in [2.05, 4.69) is 32.5 Å². The SMILES string of the molecule is C=CC(=O)c1cccc(Nc2nc(Nc3ccc(NC(=O)CCCCCCC(=O)NO)cc3)ncc2Cl)c1N. The standard InChI is InChI=1S/C27H30ClN7O4/c1-2-22(36)19-8-7-9-21(25(19)29)33-26-20(28)16-30-27(34-26)32-18-14-12-17(13-15-18)31-23(37)10-5-3-4-6-11-24(38)35-39/h2,7-9,12-16,39H,1,3-6,10-11,29H2,(H,31,37)(H,35,38)(H2,30,32,33,34). The molecular weight excluding hydrogens is 522 g/mol. The lowest BCUT2D eigenvalue weighted by molar-refractivity contribution is -0.129. The number of allylic oxidation sites excluding steroid dienone is 1. The fourth-order valence-electron chi connectivity index (χ4n) is 3.61. The molecule has 0 bridgehead atoms. The third-order valence-corrected chi connectivity index (χ3v) is 5.94. The monoisotopic (exact) mass is 551 g/mol. The van der Waals surface area contributed by atoms with Gasteiger partial charge in [0.25, 0.3) is 0 Å². The van der Waals surface area contributed by atoms with Gasteiger partial charge >= 0.3 is 0 Å². The van der Waals surface area contributed by atoms with Crippen molar-refractivity contribution < 1.29 is 19.6 Å². The zero-order valence-electron chi connectivity index (χ0n) is 21.2. The lowest BCUT2D eigenvalue weighted by atomic mass is 10.1. The number of carbonyl (C=O) groups excluding carboxylic acids is 3. The summed E-state index contributed by atoms with van der Waals surface area (Å²) >= 11 is 6.28. The van der Waals surface area contributed by atoms with Crippen LogP contribution in [0.2, 0.25) is 5.02 Å². The molecule has 12 heteroatoms. The highest BCUT2D eigenvalue weighted by atomic mass is 35.5. The Balaban J connectivity index is 1.54. The Morgan fingerprint density at radius 1 is 0.949 bits per heavy atom. The first-order chi connectivity index (χ1) is 18.8. The van der Waals surface area contributed by atoms with E-state index in [0.717, 1.165) is 12.8 Å². The van der Waals surface area contributed by atoms with E-state index in [0.29, 0.717) is 47.7 Å². The highest BCUT2D eigenvalue weighted by Gasteiger charge is 2.13. The van der Waals surface area contributed by atoms with Gasteiger partial charge in [-0.1, -0.05) is 37.1 Å². The number of benzene rings is 2. The minimum Gasteiger partial charge on any atom is -0.396 e. The average Bonchev–Trinajstić information content (AvgIpc) is 2.94. The molecule has 0 aliphatic rings. The zero-order chi connectivity index (χ0) is 28.2. The Kier molecular flexibility index (Phi) is 10.8. The smallest absolute Gasteiger partial charge is 0.243 e. The van der Waals surface area contributed by atoms with Crippen molar-refractivity contribution >= 4 is 63.7 Å². The highest BCUT2D eigenvalue weighted by Crippen LogP contribution is 2.30. The molecule has 0 spiro atoms. The highest BCUT2D eigenvalue weighted by molar-refractivity contribution is 6.33. The number of nitrogens with two attached hydrogens (primary N) is 1. The summed E-state index contributed by atoms with van der Waals surface area (Å²) in [6, 6.07) is 12.1. The van der Waals surface area contributed by atoms with Gasteiger partial charge in [-0.15, -0.1) is 0 Å². The summed E-state index contributed by atoms with van der Waals surface area (Å²) in [5, 5.41) is 17.7. The van der Waals surface area contributed by atoms with Crippen LogP contribution in [0.1, 0.15) is 48.9 Å². The van der Waals surface area contributed by atoms with Gasteiger partial charge in [0.2, 0.25) is 17.8 Å². The van der Waals surface area contributed by atoms with Gasteiger partial charge in [-0.2, -0.15) is 4.98 Å². The van der Waals surface area contributed by atoms with Gasteiger partial charge in [-0.3, -0.25) is 19.6 Å². The average molecular weight is 552 g/mol. The number of rotatable bonds is 14. The molecule has 11 nitrogen and oxygen atoms in total. The fourth-order valence-corrected chi connectivity index (χ4v) is 3.75. The first kappa shape index (κ1) is 29.1. The Labute approximate surface area is 230 Å². The number of para-hydroxylation sites is 1. The largest absolute Gasteiger partial charge is 0.396 e. The molecule has 0 saturated heterocycles. The third-order valence-electron chi connectivity index (χ3n) is 5.66. The van der Waals surface area contributed by atoms with Gasteiger partial charge in [0.05, 0.1) is 17.6 Å². The van der Waals surface area contributed by atoms with E-state index in [9.17, 15) is 14.4 Å². The lowest BCUT2D eigenvalue weighted by Gasteiger charge is -2.13. The summed E-state index contributed by atoms with van der Waals surface area (Å²) in [7, 11) is 0. The molecule has 204 valence electrons. The summed E-state index contributed by atoms with van der Waals surface area (Å²) in [6.07, 6.45) is 6.26. The molecule has 0 aliphatic carbocycles. The van der Waals surface area contributed by atoms with Crippen molar-refractivity contribution in [1.29, 1.82) is 0 Å². The van der Waals surface area contributed by atoms with Gasteiger partial charge in [-0.05, 0) is 55.3 Å². The van der Waals surface area contributed by atoms with Crippen molar-refractivity contribution in [2.45, 2.75) is 38.5 Å². The van der Waals surface area contributed by atoms with E-state index >= 15 is 0 Å². The molecule has 0 aliphatic heterocycles. The molecule has 7 N–H and O–H groups in total. The Morgan fingerprint density at radius 3 is 2.28 bits per heavy atom. The van der Waals surface area contributed by atoms with Crippen LogP contribution < -0.4 is 27.2 Å². The van der Waals surface area contributed by atoms with Gasteiger partial charge in [0.15, 0.2) is 11.6 Å². The number of anilines is 6. The normalized spacial score (nSPS) is 10.4. The number of ketones is 1. The van der Waals surface area contributed by atoms with Crippen LogP contribution in [0, 0.1) is 0 Å². The van der Waals surface area contributed by atoms with Crippen LogP contribution in [0.25, 0.3) is 0 Å². The molecule has 0 atom stereocenters. The van der Waals surface area contributed by atoms with Gasteiger partial charge in [-0.25, -0.2) is 10.5 Å². The number of aromatic nitrogens is 2. The second-order valence-electron chi connectivity index (χ2n) is 8.55. The number of unbranched alkanes of at least 4 members (excludes halogenated alkanes) is 3. The van der Waals surface area contributed by atoms with Crippen molar-refractivity contribution in [3.63, 3.8) is 0 Å². The Morgan fingerprint density at radius 2 is 1.62 bits per heavy atom. The first-order valence-electron chi connectivity index (χ1n) is 12.3. The fraction of sp³-hybridized carbons (Fsp3) is 0.222. The molecule has 1 aromatic heterocycles. The molecule has 3 rings (SSSR count). The van der Waals surface area contributed by atoms with Crippen molar-refractivity contribution in [3.05, 3.63) is 71.9 Å². The maximum atomic E-state index is 12.2. The number of halogens is 1. The van der Waals surface area contributed by atoms with Gasteiger partial charge in [0, 0.05) is 29.8 Å². The summed E-state index contributed by atoms with van der Waals surface area (Å²) in [4.78, 5) is 43.8. The molecule has 2 aromatic carbocycles. The summed E-state index contributed by atoms with van der Waals surface area (Å²) in [5.74, 6) is -0.233. The number of nitrogens with one attached hydrogen (secondary N) is 4. The van der Waals surface area contributed by atoms with E-state index in [1.807, 2.05) is 0 Å². The Hall–Kier alpha value is -4.48. The molecule has 39 heavy (non-hydrogen) atoms. The number of hydroxylamine groups is 1. The van der Waals surface area contributed by atoms with Crippen LogP contribution >= 0.6 is 11.6 Å². The van der Waals surface area contributed by atoms with Gasteiger partial charge in [0.1, 0.15) is 5.02 Å². The first-order valence-corrected chi connectivity index (χ1v) is 12.6. The molecule has 1 heterocycles. The third kappa shape index (κ3) is 8.80. The zero-order valence-corrected chi connectivity index (χ0v) is 21.9. The van der Waals surface area contributed by atoms with E-state index in [-0.39, 0.29) is 34.8 Å². The summed E-state index contributed by atoms with van der Waals surface area (Å²) in [5.41, 5.74) is 10.1. The van der Waals surface area contributed by atoms with Crippen LogP contribution in [-0.2, 0) is 9.59 Å². The van der Waals surface area contributed by atoms with Gasteiger partial charge < -0.3 is 21.7 Å². The summed E-state index contributed by atoms with van der Waals surface area (Å²) < 4.78 is 0. The van der Waals surface area contributed by atoms with E-state index in [4.69, 9.17) is 22.5 Å². The topological polar surface area (TPSA) is 171 Å². The molecule has 3 aromatic rings. The van der Waals surface area contributed by atoms with Crippen molar-refractivity contribution in [2.75, 3.05) is 21.7 Å². The van der Waals surface area contributed by atoms with Crippen LogP contribution in [0.3, 0.4) is 0 Å². The van der Waals surface area contributed by atoms with E-state index in [1.54, 1.807) is 47.9 Å². The number of carbonyl (C=O) groups is 3. The number of nitrogen functional groups attached to an aromatic ring is 1. The number of hydrogen-bond acceptors (Lipinski definition) is 9. The Bertz CT molecular complexity index is 1330. The minimum absolute atomic E-state index is 0.0984. The van der Waals surface area contributed by atoms with Crippen LogP contribution in [0.5, 0.6) is 0 Å². The molecule has 2 amide bonds. The number of hydrogen-bond donors (Lipinski definition) is 6. The van der Waals surface area contributed by atoms with E-state index < -0.39 is 5.91 Å². The van der Waals surface area contributed by atoms with Crippen LogP contribution in [-0.4, -0.2) is 32.8 Å². The molecular formula is C27H30ClN7O4. The molecule has 0 radical (unpaired) electrons. The van der Waals surface area contributed by atoms with Crippen molar-refractivity contribution in [3.8, 4) is 0 Å². The lowest BCUT2D eigenvalue weighted by Crippen LogP contribution is -2.17. The predicted molar refractivity (Wildman–Crippen MR) is 152 cm³/mol. The van der Waals surface area contributed by atoms with Crippen LogP contribution in [0.4, 0.5) is 34.5 Å². The number of amides is 2. The number of nitrogens with zero attached hydrogens (tertiary/aromatic N) is 2. The molecule has 0 unspecified atom stereocenters. The maximum absolute atomic E-state index is 12.2. The van der Waals surface area contributed by atoms with Crippen molar-refractivity contribution in [1.82, 2.24) is 15.4 Å².